The van der Waals surface area contributed by atoms with E-state index in [0.717, 1.165) is 16.9 Å². The van der Waals surface area contributed by atoms with Gasteiger partial charge in [0.15, 0.2) is 16.7 Å². The molecule has 2 aromatic carbocycles. The van der Waals surface area contributed by atoms with E-state index in [2.05, 4.69) is 10.4 Å². The van der Waals surface area contributed by atoms with Crippen LogP contribution in [0.5, 0.6) is 17.2 Å². The minimum atomic E-state index is -0.410. The molecule has 164 valence electrons. The Labute approximate surface area is 185 Å². The lowest BCUT2D eigenvalue weighted by Gasteiger charge is -2.20. The summed E-state index contributed by atoms with van der Waals surface area (Å²) in [5.74, 6) is 1.42. The van der Waals surface area contributed by atoms with E-state index in [-0.39, 0.29) is 11.8 Å². The molecule has 31 heavy (non-hydrogen) atoms. The molecule has 0 bridgehead atoms. The number of hydrazone groups is 1. The fraction of sp³-hybridized carbons (Fsp3) is 0.318. The minimum absolute atomic E-state index is 0.231. The van der Waals surface area contributed by atoms with Gasteiger partial charge in [-0.05, 0) is 42.3 Å². The Morgan fingerprint density at radius 3 is 2.55 bits per heavy atom. The average molecular weight is 444 g/mol. The molecule has 1 N–H and O–H groups in total. The molecule has 0 spiro atoms. The number of amidine groups is 1. The number of methoxy groups -OCH3 is 1. The van der Waals surface area contributed by atoms with Gasteiger partial charge in [-0.3, -0.25) is 9.59 Å². The predicted octanol–water partition coefficient (Wildman–Crippen LogP) is 3.46. The van der Waals surface area contributed by atoms with Crippen LogP contribution in [0.25, 0.3) is 0 Å². The Morgan fingerprint density at radius 2 is 1.87 bits per heavy atom. The second-order valence-electron chi connectivity index (χ2n) is 6.84. The average Bonchev–Trinajstić information content (AvgIpc) is 3.14. The van der Waals surface area contributed by atoms with Crippen LogP contribution < -0.4 is 19.5 Å². The lowest BCUT2D eigenvalue weighted by molar-refractivity contribution is -0.129. The highest BCUT2D eigenvalue weighted by Gasteiger charge is 2.32. The maximum absolute atomic E-state index is 12.0. The number of nitrogens with zero attached hydrogens (tertiary/aromatic N) is 2. The molecule has 0 unspecified atom stereocenters. The van der Waals surface area contributed by atoms with Crippen LogP contribution in [-0.4, -0.2) is 42.3 Å². The van der Waals surface area contributed by atoms with Gasteiger partial charge >= 0.3 is 0 Å². The van der Waals surface area contributed by atoms with Crippen molar-refractivity contribution in [3.8, 4) is 17.2 Å². The quantitative estimate of drug-likeness (QED) is 0.659. The first-order chi connectivity index (χ1) is 14.9. The van der Waals surface area contributed by atoms with E-state index in [9.17, 15) is 9.59 Å². The number of carbonyl (C=O) groups excluding carboxylic acids is 2. The number of nitrogens with one attached hydrogen (secondary N) is 1. The van der Waals surface area contributed by atoms with E-state index < -0.39 is 5.37 Å². The van der Waals surface area contributed by atoms with Gasteiger partial charge in [0.1, 0.15) is 24.3 Å². The zero-order chi connectivity index (χ0) is 22.4. The molecule has 9 heteroatoms. The van der Waals surface area contributed by atoms with Gasteiger partial charge in [-0.2, -0.15) is 0 Å². The summed E-state index contributed by atoms with van der Waals surface area (Å²) in [5, 5.41) is 8.13. The summed E-state index contributed by atoms with van der Waals surface area (Å²) in [6.45, 7) is 5.56. The molecule has 1 atom stereocenters. The molecule has 8 nitrogen and oxygen atoms in total. The zero-order valence-electron chi connectivity index (χ0n) is 17.9. The second kappa shape index (κ2) is 10.2. The van der Waals surface area contributed by atoms with E-state index in [0.29, 0.717) is 29.9 Å². The zero-order valence-corrected chi connectivity index (χ0v) is 18.7. The van der Waals surface area contributed by atoms with E-state index in [1.54, 1.807) is 19.2 Å². The summed E-state index contributed by atoms with van der Waals surface area (Å²) in [7, 11) is 1.55. The normalized spacial score (nSPS) is 15.3. The van der Waals surface area contributed by atoms with E-state index in [1.165, 1.54) is 30.6 Å². The van der Waals surface area contributed by atoms with Gasteiger partial charge in [-0.25, -0.2) is 5.01 Å². The number of ether oxygens (including phenoxy) is 3. The smallest absolute Gasteiger partial charge is 0.241 e. The van der Waals surface area contributed by atoms with Crippen LogP contribution in [0.1, 0.15) is 30.3 Å². The minimum Gasteiger partial charge on any atom is -0.493 e. The maximum Gasteiger partial charge on any atom is 0.241 e. The van der Waals surface area contributed by atoms with E-state index >= 15 is 0 Å². The Morgan fingerprint density at radius 1 is 1.10 bits per heavy atom. The molecule has 0 saturated heterocycles. The van der Waals surface area contributed by atoms with Gasteiger partial charge in [0.2, 0.25) is 11.8 Å². The fourth-order valence-corrected chi connectivity index (χ4v) is 4.08. The monoisotopic (exact) mass is 443 g/mol. The number of amides is 2. The van der Waals surface area contributed by atoms with E-state index in [1.807, 2.05) is 37.3 Å². The number of hydrogen-bond acceptors (Lipinski definition) is 7. The van der Waals surface area contributed by atoms with Crippen molar-refractivity contribution in [1.29, 1.82) is 0 Å². The lowest BCUT2D eigenvalue weighted by atomic mass is 10.2. The number of thioether (sulfide) groups is 1. The molecule has 3 rings (SSSR count). The van der Waals surface area contributed by atoms with Crippen LogP contribution in [0.3, 0.4) is 0 Å². The Balaban J connectivity index is 1.65. The number of carbonyl (C=O) groups is 2. The van der Waals surface area contributed by atoms with Crippen molar-refractivity contribution in [3.05, 3.63) is 53.6 Å². The number of aryl methyl sites for hydroxylation is 1. The summed E-state index contributed by atoms with van der Waals surface area (Å²) in [6, 6.07) is 13.3. The number of rotatable bonds is 7. The van der Waals surface area contributed by atoms with Crippen molar-refractivity contribution in [2.24, 2.45) is 5.10 Å². The van der Waals surface area contributed by atoms with Gasteiger partial charge in [0.25, 0.3) is 0 Å². The second-order valence-corrected chi connectivity index (χ2v) is 7.91. The van der Waals surface area contributed by atoms with Crippen LogP contribution in [-0.2, 0) is 9.59 Å². The fourth-order valence-electron chi connectivity index (χ4n) is 2.95. The molecule has 0 aromatic heterocycles. The van der Waals surface area contributed by atoms with Crippen molar-refractivity contribution < 1.29 is 23.8 Å². The van der Waals surface area contributed by atoms with Crippen molar-refractivity contribution in [2.45, 2.75) is 26.1 Å². The Bertz CT molecular complexity index is 995. The number of hydrogen-bond donors (Lipinski definition) is 1. The maximum atomic E-state index is 12.0. The number of benzene rings is 2. The summed E-state index contributed by atoms with van der Waals surface area (Å²) in [5.41, 5.74) is 1.93. The standard InChI is InChI=1S/C22H25N3O5S/c1-14-6-5-7-18(12-14)29-10-11-30-19-9-8-17(13-20(19)28-4)21-25(16(3)27)24-22(31-21)23-15(2)26/h5-9,12-13,21H,10-11H2,1-4H3,(H,23,24,26)/t21-/m0/s1. The highest BCUT2D eigenvalue weighted by Crippen LogP contribution is 2.41. The molecule has 0 aliphatic carbocycles. The summed E-state index contributed by atoms with van der Waals surface area (Å²) >= 11 is 1.28. The molecule has 1 heterocycles. The van der Waals surface area contributed by atoms with Crippen molar-refractivity contribution in [3.63, 3.8) is 0 Å². The summed E-state index contributed by atoms with van der Waals surface area (Å²) in [4.78, 5) is 23.4. The molecule has 0 saturated carbocycles. The van der Waals surface area contributed by atoms with Crippen LogP contribution in [0.4, 0.5) is 0 Å². The molecule has 2 amide bonds. The molecule has 2 aromatic rings. The van der Waals surface area contributed by atoms with Crippen LogP contribution in [0, 0.1) is 6.92 Å². The highest BCUT2D eigenvalue weighted by molar-refractivity contribution is 8.14. The van der Waals surface area contributed by atoms with Gasteiger partial charge < -0.3 is 19.5 Å². The SMILES string of the molecule is COc1cc([C@@H]2SC(NC(C)=O)=NN2C(C)=O)ccc1OCCOc1cccc(C)c1. The molecule has 1 aliphatic heterocycles. The van der Waals surface area contributed by atoms with Crippen LogP contribution >= 0.6 is 11.8 Å². The van der Waals surface area contributed by atoms with Crippen molar-refractivity contribution in [2.75, 3.05) is 20.3 Å². The predicted molar refractivity (Wildman–Crippen MR) is 119 cm³/mol. The third-order valence-electron chi connectivity index (χ3n) is 4.32. The third kappa shape index (κ3) is 5.91. The van der Waals surface area contributed by atoms with Crippen LogP contribution in [0.2, 0.25) is 0 Å². The van der Waals surface area contributed by atoms with Crippen molar-refractivity contribution >= 4 is 28.7 Å². The first-order valence-electron chi connectivity index (χ1n) is 9.70. The van der Waals surface area contributed by atoms with Gasteiger partial charge in [-0.15, -0.1) is 5.10 Å². The van der Waals surface area contributed by atoms with Crippen LogP contribution in [0.15, 0.2) is 47.6 Å². The summed E-state index contributed by atoms with van der Waals surface area (Å²) in [6.07, 6.45) is 0. The summed E-state index contributed by atoms with van der Waals surface area (Å²) < 4.78 is 17.0. The van der Waals surface area contributed by atoms with Gasteiger partial charge in [0, 0.05) is 13.8 Å². The Kier molecular flexibility index (Phi) is 7.41. The molecular formula is C22H25N3O5S. The van der Waals surface area contributed by atoms with E-state index in [4.69, 9.17) is 14.2 Å². The third-order valence-corrected chi connectivity index (χ3v) is 5.42. The lowest BCUT2D eigenvalue weighted by Crippen LogP contribution is -2.25. The molecule has 0 fully saturated rings. The van der Waals surface area contributed by atoms with Gasteiger partial charge in [0.05, 0.1) is 7.11 Å². The van der Waals surface area contributed by atoms with Crippen molar-refractivity contribution in [1.82, 2.24) is 10.3 Å². The first kappa shape index (κ1) is 22.5. The van der Waals surface area contributed by atoms with Gasteiger partial charge in [-0.1, -0.05) is 30.0 Å². The molecule has 0 radical (unpaired) electrons. The highest BCUT2D eigenvalue weighted by atomic mass is 32.2. The topological polar surface area (TPSA) is 89.5 Å². The largest absolute Gasteiger partial charge is 0.493 e. The Hall–Kier alpha value is -3.20. The molecule has 1 aliphatic rings. The molecular weight excluding hydrogens is 418 g/mol. The first-order valence-corrected chi connectivity index (χ1v) is 10.6.